The van der Waals surface area contributed by atoms with Crippen LogP contribution in [0.5, 0.6) is 0 Å². The summed E-state index contributed by atoms with van der Waals surface area (Å²) < 4.78 is 5.18. The number of hydrogen-bond donors (Lipinski definition) is 2. The highest BCUT2D eigenvalue weighted by Crippen LogP contribution is 2.28. The highest BCUT2D eigenvalue weighted by Gasteiger charge is 2.18. The van der Waals surface area contributed by atoms with Crippen LogP contribution in [0.15, 0.2) is 0 Å². The zero-order valence-electron chi connectivity index (χ0n) is 13.4. The lowest BCUT2D eigenvalue weighted by atomic mass is 9.97. The second-order valence-corrected chi connectivity index (χ2v) is 12.9. The van der Waals surface area contributed by atoms with Gasteiger partial charge in [-0.05, 0) is 24.8 Å². The molecule has 1 atom stereocenters. The lowest BCUT2D eigenvalue weighted by Crippen LogP contribution is -2.32. The smallest absolute Gasteiger partial charge is 0.407 e. The molecule has 0 heterocycles. The normalized spacial score (nSPS) is 18.0. The molecule has 1 amide bonds. The van der Waals surface area contributed by atoms with E-state index in [4.69, 9.17) is 10.5 Å². The Bertz CT molecular complexity index is 286. The van der Waals surface area contributed by atoms with E-state index in [1.165, 1.54) is 25.7 Å². The van der Waals surface area contributed by atoms with E-state index in [9.17, 15) is 4.79 Å². The van der Waals surface area contributed by atoms with Crippen LogP contribution >= 0.6 is 0 Å². The summed E-state index contributed by atoms with van der Waals surface area (Å²) in [4.78, 5) is 11.5. The van der Waals surface area contributed by atoms with Crippen molar-refractivity contribution in [2.75, 3.05) is 13.2 Å². The molecule has 0 bridgehead atoms. The van der Waals surface area contributed by atoms with Crippen molar-refractivity contribution >= 4 is 14.2 Å². The largest absolute Gasteiger partial charge is 0.450 e. The first kappa shape index (κ1) is 17.5. The maximum Gasteiger partial charge on any atom is 0.407 e. The minimum atomic E-state index is -1.12. The third kappa shape index (κ3) is 8.58. The predicted molar refractivity (Wildman–Crippen MR) is 86.7 cm³/mol. The zero-order chi connectivity index (χ0) is 15.0. The Morgan fingerprint density at radius 3 is 2.60 bits per heavy atom. The Morgan fingerprint density at radius 1 is 1.35 bits per heavy atom. The van der Waals surface area contributed by atoms with Gasteiger partial charge in [0.15, 0.2) is 0 Å². The Labute approximate surface area is 124 Å². The van der Waals surface area contributed by atoms with E-state index in [0.717, 1.165) is 24.8 Å². The molecule has 0 unspecified atom stereocenters. The summed E-state index contributed by atoms with van der Waals surface area (Å²) in [6, 6.07) is 1.22. The van der Waals surface area contributed by atoms with E-state index in [1.807, 2.05) is 0 Å². The predicted octanol–water partition coefficient (Wildman–Crippen LogP) is 3.35. The highest BCUT2D eigenvalue weighted by molar-refractivity contribution is 6.76. The minimum absolute atomic E-state index is 0.209. The molecule has 1 fully saturated rings. The van der Waals surface area contributed by atoms with Gasteiger partial charge in [0, 0.05) is 20.7 Å². The zero-order valence-corrected chi connectivity index (χ0v) is 14.4. The Kier molecular flexibility index (Phi) is 7.59. The van der Waals surface area contributed by atoms with Gasteiger partial charge < -0.3 is 15.8 Å². The Hall–Kier alpha value is -0.553. The molecule has 0 spiro atoms. The number of alkyl carbamates (subject to hydrolysis) is 1. The molecule has 0 aromatic carbocycles. The summed E-state index contributed by atoms with van der Waals surface area (Å²) in [5, 5.41) is 2.80. The molecule has 0 aromatic heterocycles. The fraction of sp³-hybridized carbons (Fsp3) is 0.933. The maximum atomic E-state index is 11.5. The second kappa shape index (κ2) is 8.67. The Balaban J connectivity index is 2.00. The average Bonchev–Trinajstić information content (AvgIpc) is 2.79. The van der Waals surface area contributed by atoms with Gasteiger partial charge in [-0.25, -0.2) is 4.79 Å². The highest BCUT2D eigenvalue weighted by atomic mass is 28.3. The van der Waals surface area contributed by atoms with E-state index in [2.05, 4.69) is 25.0 Å². The van der Waals surface area contributed by atoms with E-state index >= 15 is 0 Å². The summed E-state index contributed by atoms with van der Waals surface area (Å²) in [6.45, 7) is 7.98. The molecule has 20 heavy (non-hydrogen) atoms. The third-order valence-electron chi connectivity index (χ3n) is 3.98. The van der Waals surface area contributed by atoms with Crippen molar-refractivity contribution in [3.8, 4) is 0 Å². The number of hydrogen-bond acceptors (Lipinski definition) is 3. The molecule has 1 aliphatic rings. The molecule has 1 rings (SSSR count). The minimum Gasteiger partial charge on any atom is -0.450 e. The molecule has 0 aliphatic heterocycles. The molecule has 5 heteroatoms. The van der Waals surface area contributed by atoms with Crippen LogP contribution in [-0.2, 0) is 4.74 Å². The van der Waals surface area contributed by atoms with Crippen molar-refractivity contribution in [2.45, 2.75) is 70.3 Å². The van der Waals surface area contributed by atoms with E-state index in [0.29, 0.717) is 13.2 Å². The van der Waals surface area contributed by atoms with Crippen LogP contribution in [0.1, 0.15) is 38.5 Å². The van der Waals surface area contributed by atoms with Crippen LogP contribution in [0.3, 0.4) is 0 Å². The van der Waals surface area contributed by atoms with Gasteiger partial charge in [0.25, 0.3) is 0 Å². The van der Waals surface area contributed by atoms with Crippen molar-refractivity contribution in [1.29, 1.82) is 0 Å². The maximum absolute atomic E-state index is 11.5. The van der Waals surface area contributed by atoms with Gasteiger partial charge in [0.05, 0.1) is 6.61 Å². The van der Waals surface area contributed by atoms with Crippen molar-refractivity contribution < 1.29 is 9.53 Å². The number of carbonyl (C=O) groups is 1. The monoisotopic (exact) mass is 300 g/mol. The van der Waals surface area contributed by atoms with Crippen LogP contribution < -0.4 is 11.1 Å². The van der Waals surface area contributed by atoms with Gasteiger partial charge in [-0.15, -0.1) is 0 Å². The van der Waals surface area contributed by atoms with Crippen LogP contribution in [0.25, 0.3) is 0 Å². The SMILES string of the molecule is C[Si](C)(C)CCOC(=O)NCC[C@@H](N)CC1CCCC1. The first-order valence-corrected chi connectivity index (χ1v) is 11.7. The van der Waals surface area contributed by atoms with Gasteiger partial charge in [0.1, 0.15) is 0 Å². The topological polar surface area (TPSA) is 64.3 Å². The first-order valence-electron chi connectivity index (χ1n) is 8.03. The molecule has 118 valence electrons. The molecule has 3 N–H and O–H groups in total. The summed E-state index contributed by atoms with van der Waals surface area (Å²) in [7, 11) is -1.12. The van der Waals surface area contributed by atoms with Crippen LogP contribution in [0.2, 0.25) is 25.7 Å². The molecule has 1 aliphatic carbocycles. The average molecular weight is 301 g/mol. The second-order valence-electron chi connectivity index (χ2n) is 7.31. The summed E-state index contributed by atoms with van der Waals surface area (Å²) in [6.07, 6.45) is 7.04. The molecular weight excluding hydrogens is 268 g/mol. The quantitative estimate of drug-likeness (QED) is 0.676. The molecule has 4 nitrogen and oxygen atoms in total. The van der Waals surface area contributed by atoms with E-state index in [1.54, 1.807) is 0 Å². The van der Waals surface area contributed by atoms with Crippen LogP contribution in [0.4, 0.5) is 4.79 Å². The third-order valence-corrected chi connectivity index (χ3v) is 5.68. The summed E-state index contributed by atoms with van der Waals surface area (Å²) >= 11 is 0. The van der Waals surface area contributed by atoms with Crippen molar-refractivity contribution in [2.24, 2.45) is 11.7 Å². The number of carbonyl (C=O) groups excluding carboxylic acids is 1. The van der Waals surface area contributed by atoms with Gasteiger partial charge in [-0.2, -0.15) is 0 Å². The first-order chi connectivity index (χ1) is 9.37. The van der Waals surface area contributed by atoms with Gasteiger partial charge >= 0.3 is 6.09 Å². The van der Waals surface area contributed by atoms with Gasteiger partial charge in [-0.1, -0.05) is 45.3 Å². The molecular formula is C15H32N2O2Si. The standard InChI is InChI=1S/C15H32N2O2Si/c1-20(2,3)11-10-19-15(18)17-9-8-14(16)12-13-6-4-5-7-13/h13-14H,4-12,16H2,1-3H3,(H,17,18)/t14-/m1/s1. The number of nitrogens with one attached hydrogen (secondary N) is 1. The lowest BCUT2D eigenvalue weighted by molar-refractivity contribution is 0.151. The number of amides is 1. The summed E-state index contributed by atoms with van der Waals surface area (Å²) in [5.74, 6) is 0.814. The van der Waals surface area contributed by atoms with Gasteiger partial charge in [-0.3, -0.25) is 0 Å². The lowest BCUT2D eigenvalue weighted by Gasteiger charge is -2.17. The Morgan fingerprint density at radius 2 is 2.00 bits per heavy atom. The molecule has 1 saturated carbocycles. The fourth-order valence-electron chi connectivity index (χ4n) is 2.65. The number of rotatable bonds is 8. The van der Waals surface area contributed by atoms with Crippen molar-refractivity contribution in [3.05, 3.63) is 0 Å². The van der Waals surface area contributed by atoms with E-state index < -0.39 is 8.07 Å². The molecule has 0 radical (unpaired) electrons. The fourth-order valence-corrected chi connectivity index (χ4v) is 3.37. The summed E-state index contributed by atoms with van der Waals surface area (Å²) in [5.41, 5.74) is 6.11. The number of nitrogens with two attached hydrogens (primary N) is 1. The van der Waals surface area contributed by atoms with E-state index in [-0.39, 0.29) is 12.1 Å². The molecule has 0 aromatic rings. The van der Waals surface area contributed by atoms with Crippen molar-refractivity contribution in [1.82, 2.24) is 5.32 Å². The van der Waals surface area contributed by atoms with Crippen LogP contribution in [0, 0.1) is 5.92 Å². The molecule has 0 saturated heterocycles. The van der Waals surface area contributed by atoms with Crippen molar-refractivity contribution in [3.63, 3.8) is 0 Å². The number of ether oxygens (including phenoxy) is 1. The van der Waals surface area contributed by atoms with Gasteiger partial charge in [0.2, 0.25) is 0 Å². The van der Waals surface area contributed by atoms with Crippen LogP contribution in [-0.4, -0.2) is 33.4 Å².